The Labute approximate surface area is 116 Å². The van der Waals surface area contributed by atoms with E-state index in [1.807, 2.05) is 0 Å². The molecule has 0 saturated heterocycles. The van der Waals surface area contributed by atoms with Crippen molar-refractivity contribution in [2.45, 2.75) is 32.4 Å². The summed E-state index contributed by atoms with van der Waals surface area (Å²) in [6, 6.07) is 4.19. The first-order chi connectivity index (χ1) is 9.11. The van der Waals surface area contributed by atoms with Gasteiger partial charge in [-0.15, -0.1) is 0 Å². The van der Waals surface area contributed by atoms with Gasteiger partial charge in [-0.25, -0.2) is 4.39 Å². The lowest BCUT2D eigenvalue weighted by atomic mass is 9.93. The summed E-state index contributed by atoms with van der Waals surface area (Å²) in [6.45, 7) is 4.90. The van der Waals surface area contributed by atoms with Gasteiger partial charge < -0.3 is 20.4 Å². The predicted octanol–water partition coefficient (Wildman–Crippen LogP) is -0.183. The molecule has 0 amide bonds. The number of carbonyl (C=O) groups excluding carboxylic acids is 2. The van der Waals surface area contributed by atoms with Crippen molar-refractivity contribution >= 4 is 11.9 Å². The van der Waals surface area contributed by atoms with Gasteiger partial charge in [0.25, 0.3) is 0 Å². The smallest absolute Gasteiger partial charge is 0.321 e. The number of carboxylic acids is 1. The molecule has 0 unspecified atom stereocenters. The largest absolute Gasteiger partial charge is 0.549 e. The molecule has 5 nitrogen and oxygen atoms in total. The van der Waals surface area contributed by atoms with Crippen molar-refractivity contribution in [1.29, 1.82) is 0 Å². The van der Waals surface area contributed by atoms with Crippen LogP contribution in [-0.2, 0) is 14.3 Å². The summed E-state index contributed by atoms with van der Waals surface area (Å²) in [5, 5.41) is 11.2. The molecule has 0 bridgehead atoms. The number of carboxylic acid groups (broad SMARTS) is 1. The summed E-state index contributed by atoms with van der Waals surface area (Å²) in [4.78, 5) is 23.1. The topological polar surface area (TPSA) is 94.1 Å². The van der Waals surface area contributed by atoms with Crippen molar-refractivity contribution in [2.24, 2.45) is 5.92 Å². The molecular formula is C14H18FNO4. The average molecular weight is 283 g/mol. The molecule has 0 heterocycles. The Morgan fingerprint density at radius 3 is 2.15 bits per heavy atom. The van der Waals surface area contributed by atoms with Gasteiger partial charge in [-0.3, -0.25) is 4.79 Å². The molecule has 2 atom stereocenters. The van der Waals surface area contributed by atoms with Crippen LogP contribution in [0.1, 0.15) is 32.4 Å². The second kappa shape index (κ2) is 6.00. The lowest BCUT2D eigenvalue weighted by molar-refractivity contribution is -0.440. The lowest BCUT2D eigenvalue weighted by Gasteiger charge is -2.26. The number of quaternary nitrogens is 1. The van der Waals surface area contributed by atoms with Gasteiger partial charge in [0, 0.05) is 5.56 Å². The fourth-order valence-electron chi connectivity index (χ4n) is 1.69. The van der Waals surface area contributed by atoms with Crippen LogP contribution in [0.5, 0.6) is 0 Å². The van der Waals surface area contributed by atoms with Gasteiger partial charge in [0.15, 0.2) is 5.92 Å². The minimum absolute atomic E-state index is 0.423. The van der Waals surface area contributed by atoms with Gasteiger partial charge in [-0.1, -0.05) is 12.1 Å². The number of esters is 1. The van der Waals surface area contributed by atoms with E-state index in [1.54, 1.807) is 20.8 Å². The highest BCUT2D eigenvalue weighted by Crippen LogP contribution is 2.21. The van der Waals surface area contributed by atoms with Crippen LogP contribution in [0.25, 0.3) is 0 Å². The van der Waals surface area contributed by atoms with E-state index in [-0.39, 0.29) is 0 Å². The Morgan fingerprint density at radius 1 is 1.25 bits per heavy atom. The molecular weight excluding hydrogens is 265 g/mol. The normalized spacial score (nSPS) is 14.4. The van der Waals surface area contributed by atoms with E-state index in [1.165, 1.54) is 24.3 Å². The Bertz CT molecular complexity index is 493. The molecule has 6 heteroatoms. The number of rotatable bonds is 4. The van der Waals surface area contributed by atoms with Crippen LogP contribution in [0.3, 0.4) is 0 Å². The molecule has 0 aliphatic rings. The molecule has 0 spiro atoms. The van der Waals surface area contributed by atoms with Crippen molar-refractivity contribution in [3.8, 4) is 0 Å². The summed E-state index contributed by atoms with van der Waals surface area (Å²) in [7, 11) is 0. The van der Waals surface area contributed by atoms with Crippen LogP contribution < -0.4 is 10.8 Å². The zero-order valence-electron chi connectivity index (χ0n) is 11.7. The van der Waals surface area contributed by atoms with Crippen LogP contribution in [-0.4, -0.2) is 17.5 Å². The summed E-state index contributed by atoms with van der Waals surface area (Å²) >= 11 is 0. The van der Waals surface area contributed by atoms with E-state index in [9.17, 15) is 19.1 Å². The summed E-state index contributed by atoms with van der Waals surface area (Å²) in [5.41, 5.74) is 3.28. The second-order valence-corrected chi connectivity index (χ2v) is 5.49. The third kappa shape index (κ3) is 4.31. The van der Waals surface area contributed by atoms with Gasteiger partial charge in [-0.05, 0) is 32.9 Å². The number of ether oxygens (including phenoxy) is 1. The van der Waals surface area contributed by atoms with E-state index in [4.69, 9.17) is 4.74 Å². The van der Waals surface area contributed by atoms with Gasteiger partial charge in [0.2, 0.25) is 0 Å². The van der Waals surface area contributed by atoms with Crippen molar-refractivity contribution in [2.75, 3.05) is 0 Å². The maximum atomic E-state index is 12.9. The third-order valence-corrected chi connectivity index (χ3v) is 2.62. The Hall–Kier alpha value is -1.95. The molecule has 1 rings (SSSR count). The van der Waals surface area contributed by atoms with E-state index < -0.39 is 35.3 Å². The zero-order chi connectivity index (χ0) is 15.5. The van der Waals surface area contributed by atoms with E-state index >= 15 is 0 Å². The van der Waals surface area contributed by atoms with Gasteiger partial charge in [-0.2, -0.15) is 0 Å². The predicted molar refractivity (Wildman–Crippen MR) is 66.4 cm³/mol. The Balaban J connectivity index is 2.99. The highest BCUT2D eigenvalue weighted by Gasteiger charge is 2.34. The number of halogens is 1. The third-order valence-electron chi connectivity index (χ3n) is 2.62. The van der Waals surface area contributed by atoms with E-state index in [0.29, 0.717) is 5.56 Å². The van der Waals surface area contributed by atoms with Crippen LogP contribution in [0.2, 0.25) is 0 Å². The van der Waals surface area contributed by atoms with Gasteiger partial charge >= 0.3 is 5.97 Å². The maximum Gasteiger partial charge on any atom is 0.321 e. The Morgan fingerprint density at radius 2 is 1.75 bits per heavy atom. The first kappa shape index (κ1) is 16.1. The van der Waals surface area contributed by atoms with Crippen molar-refractivity contribution in [3.05, 3.63) is 35.6 Å². The highest BCUT2D eigenvalue weighted by molar-refractivity contribution is 5.93. The second-order valence-electron chi connectivity index (χ2n) is 5.49. The quantitative estimate of drug-likeness (QED) is 0.612. The first-order valence-electron chi connectivity index (χ1n) is 6.14. The zero-order valence-corrected chi connectivity index (χ0v) is 11.7. The monoisotopic (exact) mass is 283 g/mol. The molecule has 3 N–H and O–H groups in total. The van der Waals surface area contributed by atoms with E-state index in [0.717, 1.165) is 0 Å². The minimum atomic E-state index is -1.57. The standard InChI is InChI=1S/C14H18FNO4/c1-14(2,3)20-13(19)10(12(17)18)11(16)8-4-6-9(15)7-5-8/h4-7,10-11H,16H2,1-3H3,(H,17,18)/t10-,11+/m0/s1. The average Bonchev–Trinajstić information content (AvgIpc) is 2.26. The van der Waals surface area contributed by atoms with Crippen LogP contribution in [0.4, 0.5) is 4.39 Å². The maximum absolute atomic E-state index is 12.9. The van der Waals surface area contributed by atoms with Crippen LogP contribution in [0, 0.1) is 11.7 Å². The molecule has 1 aromatic carbocycles. The first-order valence-corrected chi connectivity index (χ1v) is 6.14. The molecule has 20 heavy (non-hydrogen) atoms. The van der Waals surface area contributed by atoms with Crippen molar-refractivity contribution in [1.82, 2.24) is 0 Å². The summed E-state index contributed by atoms with van der Waals surface area (Å²) < 4.78 is 17.9. The number of carbonyl (C=O) groups is 2. The summed E-state index contributed by atoms with van der Waals surface area (Å²) in [6.07, 6.45) is 0. The van der Waals surface area contributed by atoms with Gasteiger partial charge in [0.05, 0.1) is 5.97 Å². The van der Waals surface area contributed by atoms with Crippen LogP contribution >= 0.6 is 0 Å². The van der Waals surface area contributed by atoms with Crippen LogP contribution in [0.15, 0.2) is 24.3 Å². The number of hydrogen-bond acceptors (Lipinski definition) is 4. The summed E-state index contributed by atoms with van der Waals surface area (Å²) in [5.74, 6) is -4.48. The highest BCUT2D eigenvalue weighted by atomic mass is 19.1. The molecule has 0 radical (unpaired) electrons. The molecule has 1 aromatic rings. The molecule has 0 saturated carbocycles. The van der Waals surface area contributed by atoms with Crippen molar-refractivity contribution in [3.63, 3.8) is 0 Å². The molecule has 0 aliphatic heterocycles. The SMILES string of the molecule is CC(C)(C)OC(=O)[C@H](C(=O)[O-])[C@H]([NH3+])c1ccc(F)cc1. The lowest BCUT2D eigenvalue weighted by Crippen LogP contribution is -2.62. The van der Waals surface area contributed by atoms with Crippen molar-refractivity contribution < 1.29 is 29.6 Å². The molecule has 0 aromatic heterocycles. The Kier molecular flexibility index (Phi) is 4.83. The molecule has 0 fully saturated rings. The fourth-order valence-corrected chi connectivity index (χ4v) is 1.69. The number of aliphatic carboxylic acids is 1. The fraction of sp³-hybridized carbons (Fsp3) is 0.429. The molecule has 0 aliphatic carbocycles. The number of hydrogen-bond donors (Lipinski definition) is 1. The minimum Gasteiger partial charge on any atom is -0.549 e. The van der Waals surface area contributed by atoms with E-state index in [2.05, 4.69) is 5.73 Å². The van der Waals surface area contributed by atoms with Gasteiger partial charge in [0.1, 0.15) is 17.5 Å². The number of benzene rings is 1. The molecule has 110 valence electrons.